The molecule has 4 rings (SSSR count). The van der Waals surface area contributed by atoms with Gasteiger partial charge in [-0.15, -0.1) is 0 Å². The van der Waals surface area contributed by atoms with E-state index in [0.29, 0.717) is 37.4 Å². The summed E-state index contributed by atoms with van der Waals surface area (Å²) < 4.78 is 0. The summed E-state index contributed by atoms with van der Waals surface area (Å²) in [6.07, 6.45) is 0. The number of H-pyrrole nitrogens is 1. The first-order valence-corrected chi connectivity index (χ1v) is 11.0. The van der Waals surface area contributed by atoms with Crippen LogP contribution in [0.25, 0.3) is 10.8 Å². The number of nitrogens with zero attached hydrogens (tertiary/aromatic N) is 2. The summed E-state index contributed by atoms with van der Waals surface area (Å²) in [5, 5.41) is 2.02. The Morgan fingerprint density at radius 3 is 2.25 bits per heavy atom. The van der Waals surface area contributed by atoms with Crippen LogP contribution in [0.4, 0.5) is 0 Å². The molecule has 3 aromatic rings. The zero-order valence-corrected chi connectivity index (χ0v) is 19.1. The summed E-state index contributed by atoms with van der Waals surface area (Å²) in [6.45, 7) is 9.45. The molecule has 1 aromatic heterocycles. The van der Waals surface area contributed by atoms with E-state index >= 15 is 0 Å². The van der Waals surface area contributed by atoms with Crippen LogP contribution in [0.2, 0.25) is 0 Å². The molecule has 1 fully saturated rings. The molecule has 1 aliphatic heterocycles. The van der Waals surface area contributed by atoms with Gasteiger partial charge >= 0.3 is 0 Å². The lowest BCUT2D eigenvalue weighted by molar-refractivity contribution is 0.0551. The lowest BCUT2D eigenvalue weighted by atomic mass is 10.0. The average molecular weight is 432 g/mol. The van der Waals surface area contributed by atoms with Crippen LogP contribution >= 0.6 is 0 Å². The molecule has 1 aliphatic rings. The molecule has 32 heavy (non-hydrogen) atoms. The van der Waals surface area contributed by atoms with Gasteiger partial charge < -0.3 is 9.88 Å². The zero-order chi connectivity index (χ0) is 23.0. The summed E-state index contributed by atoms with van der Waals surface area (Å²) in [7, 11) is 0. The molecule has 0 bridgehead atoms. The molecule has 6 nitrogen and oxygen atoms in total. The van der Waals surface area contributed by atoms with Crippen molar-refractivity contribution in [3.63, 3.8) is 0 Å². The second-order valence-electron chi connectivity index (χ2n) is 8.58. The van der Waals surface area contributed by atoms with Crippen molar-refractivity contribution in [1.29, 1.82) is 0 Å². The quantitative estimate of drug-likeness (QED) is 0.620. The Labute approximate surface area is 188 Å². The Balaban J connectivity index is 1.45. The first-order chi connectivity index (χ1) is 15.3. The molecule has 0 saturated carbocycles. The number of piperazine rings is 1. The van der Waals surface area contributed by atoms with Gasteiger partial charge in [0.25, 0.3) is 5.91 Å². The van der Waals surface area contributed by atoms with Crippen LogP contribution in [0.3, 0.4) is 0 Å². The maximum atomic E-state index is 13.2. The van der Waals surface area contributed by atoms with Crippen LogP contribution in [0.1, 0.15) is 56.3 Å². The SMILES string of the molecule is CC(=O)c1c(C)[nH]c(C(=O)C(C)N2CCN(C(=O)c3cccc4ccccc34)CC2)c1C. The number of hydrogen-bond acceptors (Lipinski definition) is 4. The first kappa shape index (κ1) is 22.0. The predicted octanol–water partition coefficient (Wildman–Crippen LogP) is 4.02. The number of aryl methyl sites for hydroxylation is 1. The molecule has 1 atom stereocenters. The van der Waals surface area contributed by atoms with Crippen LogP contribution in [-0.2, 0) is 0 Å². The first-order valence-electron chi connectivity index (χ1n) is 11.0. The summed E-state index contributed by atoms with van der Waals surface area (Å²) in [6, 6.07) is 13.4. The summed E-state index contributed by atoms with van der Waals surface area (Å²) >= 11 is 0. The molecule has 1 amide bonds. The van der Waals surface area contributed by atoms with Crippen molar-refractivity contribution in [2.75, 3.05) is 26.2 Å². The average Bonchev–Trinajstić information content (AvgIpc) is 3.11. The fourth-order valence-electron chi connectivity index (χ4n) is 4.79. The van der Waals surface area contributed by atoms with Crippen molar-refractivity contribution < 1.29 is 14.4 Å². The minimum atomic E-state index is -0.332. The number of ketones is 2. The number of hydrogen-bond donors (Lipinski definition) is 1. The Bertz CT molecular complexity index is 1200. The van der Waals surface area contributed by atoms with Crippen LogP contribution in [0.15, 0.2) is 42.5 Å². The van der Waals surface area contributed by atoms with E-state index in [1.807, 2.05) is 68.1 Å². The number of fused-ring (bicyclic) bond motifs is 1. The molecule has 166 valence electrons. The summed E-state index contributed by atoms with van der Waals surface area (Å²) in [5.41, 5.74) is 3.28. The van der Waals surface area contributed by atoms with Gasteiger partial charge in [0.15, 0.2) is 11.6 Å². The fourth-order valence-corrected chi connectivity index (χ4v) is 4.79. The number of aromatic amines is 1. The maximum Gasteiger partial charge on any atom is 0.254 e. The standard InChI is InChI=1S/C26H29N3O3/c1-16-23(19(4)30)17(2)27-24(16)25(31)18(3)28-12-14-29(15-13-28)26(32)22-11-7-9-20-8-5-6-10-21(20)22/h5-11,18,27H,12-15H2,1-4H3. The normalized spacial score (nSPS) is 15.7. The van der Waals surface area contributed by atoms with Crippen molar-refractivity contribution in [2.45, 2.75) is 33.7 Å². The van der Waals surface area contributed by atoms with Crippen molar-refractivity contribution in [2.24, 2.45) is 0 Å². The minimum absolute atomic E-state index is 0.0214. The topological polar surface area (TPSA) is 73.5 Å². The van der Waals surface area contributed by atoms with E-state index in [0.717, 1.165) is 27.6 Å². The zero-order valence-electron chi connectivity index (χ0n) is 19.1. The van der Waals surface area contributed by atoms with Gasteiger partial charge in [0.1, 0.15) is 0 Å². The Morgan fingerprint density at radius 2 is 1.59 bits per heavy atom. The Kier molecular flexibility index (Phi) is 5.98. The molecule has 0 aliphatic carbocycles. The van der Waals surface area contributed by atoms with E-state index in [2.05, 4.69) is 9.88 Å². The third-order valence-electron chi connectivity index (χ3n) is 6.58. The molecule has 2 heterocycles. The molecule has 1 N–H and O–H groups in total. The van der Waals surface area contributed by atoms with Crippen LogP contribution < -0.4 is 0 Å². The third kappa shape index (κ3) is 3.86. The molecule has 1 saturated heterocycles. The van der Waals surface area contributed by atoms with Crippen molar-refractivity contribution in [3.8, 4) is 0 Å². The van der Waals surface area contributed by atoms with Crippen molar-refractivity contribution in [1.82, 2.24) is 14.8 Å². The van der Waals surface area contributed by atoms with E-state index in [1.54, 1.807) is 0 Å². The molecule has 6 heteroatoms. The lowest BCUT2D eigenvalue weighted by Crippen LogP contribution is -2.53. The molecular formula is C26H29N3O3. The number of carbonyl (C=O) groups is 3. The number of benzene rings is 2. The van der Waals surface area contributed by atoms with Gasteiger partial charge in [-0.2, -0.15) is 0 Å². The van der Waals surface area contributed by atoms with Gasteiger partial charge in [0.2, 0.25) is 0 Å². The number of amides is 1. The molecule has 0 radical (unpaired) electrons. The van der Waals surface area contributed by atoms with Gasteiger partial charge in [0, 0.05) is 43.0 Å². The highest BCUT2D eigenvalue weighted by Gasteiger charge is 2.31. The number of nitrogens with one attached hydrogen (secondary N) is 1. The Morgan fingerprint density at radius 1 is 0.938 bits per heavy atom. The van der Waals surface area contributed by atoms with Crippen LogP contribution in [-0.4, -0.2) is 64.5 Å². The highest BCUT2D eigenvalue weighted by molar-refractivity contribution is 6.07. The predicted molar refractivity (Wildman–Crippen MR) is 125 cm³/mol. The van der Waals surface area contributed by atoms with E-state index in [1.165, 1.54) is 6.92 Å². The molecule has 0 spiro atoms. The van der Waals surface area contributed by atoms with E-state index in [4.69, 9.17) is 0 Å². The van der Waals surface area contributed by atoms with Gasteiger partial charge in [-0.05, 0) is 50.1 Å². The Hall–Kier alpha value is -3.25. The van der Waals surface area contributed by atoms with Crippen LogP contribution in [0, 0.1) is 13.8 Å². The summed E-state index contributed by atoms with van der Waals surface area (Å²) in [4.78, 5) is 45.4. The monoisotopic (exact) mass is 431 g/mol. The van der Waals surface area contributed by atoms with Gasteiger partial charge in [0.05, 0.1) is 11.7 Å². The molecular weight excluding hydrogens is 402 g/mol. The van der Waals surface area contributed by atoms with Gasteiger partial charge in [-0.1, -0.05) is 36.4 Å². The second-order valence-corrected chi connectivity index (χ2v) is 8.58. The molecule has 2 aromatic carbocycles. The van der Waals surface area contributed by atoms with Gasteiger partial charge in [-0.25, -0.2) is 0 Å². The minimum Gasteiger partial charge on any atom is -0.355 e. The van der Waals surface area contributed by atoms with Crippen molar-refractivity contribution >= 4 is 28.2 Å². The molecule has 1 unspecified atom stereocenters. The number of carbonyl (C=O) groups excluding carboxylic acids is 3. The number of aromatic nitrogens is 1. The van der Waals surface area contributed by atoms with E-state index in [9.17, 15) is 14.4 Å². The smallest absolute Gasteiger partial charge is 0.254 e. The largest absolute Gasteiger partial charge is 0.355 e. The number of Topliss-reactive ketones (excluding diaryl/α,β-unsaturated/α-hetero) is 2. The highest BCUT2D eigenvalue weighted by atomic mass is 16.2. The van der Waals surface area contributed by atoms with Crippen molar-refractivity contribution in [3.05, 3.63) is 70.5 Å². The maximum absolute atomic E-state index is 13.2. The van der Waals surface area contributed by atoms with Gasteiger partial charge in [-0.3, -0.25) is 19.3 Å². The third-order valence-corrected chi connectivity index (χ3v) is 6.58. The van der Waals surface area contributed by atoms with E-state index < -0.39 is 0 Å². The summed E-state index contributed by atoms with van der Waals surface area (Å²) in [5.74, 6) is -0.0298. The fraction of sp³-hybridized carbons (Fsp3) is 0.346. The number of rotatable bonds is 5. The highest BCUT2D eigenvalue weighted by Crippen LogP contribution is 2.23. The lowest BCUT2D eigenvalue weighted by Gasteiger charge is -2.37. The van der Waals surface area contributed by atoms with Crippen LogP contribution in [0.5, 0.6) is 0 Å². The van der Waals surface area contributed by atoms with E-state index in [-0.39, 0.29) is 23.5 Å². The second kappa shape index (κ2) is 8.71.